The van der Waals surface area contributed by atoms with Gasteiger partial charge in [0.2, 0.25) is 0 Å². The molecule has 0 aromatic carbocycles. The van der Waals surface area contributed by atoms with E-state index in [0.29, 0.717) is 19.3 Å². The predicted octanol–water partition coefficient (Wildman–Crippen LogP) is 3.41. The molecule has 2 heteroatoms. The van der Waals surface area contributed by atoms with Gasteiger partial charge in [-0.1, -0.05) is 26.2 Å². The van der Waals surface area contributed by atoms with E-state index >= 15 is 0 Å². The van der Waals surface area contributed by atoms with E-state index in [-0.39, 0.29) is 0 Å². The van der Waals surface area contributed by atoms with Gasteiger partial charge in [-0.3, -0.25) is 0 Å². The van der Waals surface area contributed by atoms with Crippen LogP contribution in [0.1, 0.15) is 45.4 Å². The molecule has 0 nitrogen and oxygen atoms in total. The summed E-state index contributed by atoms with van der Waals surface area (Å²) in [6.07, 6.45) is 2.52. The first kappa shape index (κ1) is 8.95. The van der Waals surface area contributed by atoms with Crippen LogP contribution in [-0.2, 0) is 0 Å². The second-order valence-electron chi connectivity index (χ2n) is 3.50. The van der Waals surface area contributed by atoms with E-state index in [1.807, 2.05) is 6.92 Å². The first-order chi connectivity index (χ1) is 5.19. The molecule has 0 bridgehead atoms. The molecule has 0 spiro atoms. The highest BCUT2D eigenvalue weighted by atomic mass is 19.2. The zero-order chi connectivity index (χ0) is 8.32. The van der Waals surface area contributed by atoms with Crippen molar-refractivity contribution in [3.8, 4) is 0 Å². The Hall–Kier alpha value is -0.140. The van der Waals surface area contributed by atoms with E-state index in [2.05, 4.69) is 0 Å². The highest BCUT2D eigenvalue weighted by Crippen LogP contribution is 2.37. The Labute approximate surface area is 67.0 Å². The Morgan fingerprint density at radius 2 is 2.18 bits per heavy atom. The predicted molar refractivity (Wildman–Crippen MR) is 42.1 cm³/mol. The molecule has 0 aromatic heterocycles. The highest BCUT2D eigenvalue weighted by molar-refractivity contribution is 4.90. The first-order valence-electron chi connectivity index (χ1n) is 4.52. The standard InChI is InChI=1S/C9H16F2/c1-2-6-9(11)7-4-3-5-8(9)10/h8H,2-7H2,1H3. The molecule has 0 radical (unpaired) electrons. The minimum Gasteiger partial charge on any atom is -0.244 e. The van der Waals surface area contributed by atoms with Gasteiger partial charge in [0.1, 0.15) is 11.8 Å². The molecular weight excluding hydrogens is 146 g/mol. The minimum absolute atomic E-state index is 0.397. The second kappa shape index (κ2) is 3.51. The molecule has 0 saturated heterocycles. The van der Waals surface area contributed by atoms with Crippen molar-refractivity contribution in [3.05, 3.63) is 0 Å². The summed E-state index contributed by atoms with van der Waals surface area (Å²) in [5, 5.41) is 0. The maximum absolute atomic E-state index is 13.6. The molecule has 0 aromatic rings. The van der Waals surface area contributed by atoms with Gasteiger partial charge in [0.05, 0.1) is 0 Å². The lowest BCUT2D eigenvalue weighted by molar-refractivity contribution is 0.00488. The van der Waals surface area contributed by atoms with Crippen LogP contribution in [0.15, 0.2) is 0 Å². The molecular formula is C9H16F2. The first-order valence-corrected chi connectivity index (χ1v) is 4.52. The van der Waals surface area contributed by atoms with Gasteiger partial charge < -0.3 is 0 Å². The molecule has 11 heavy (non-hydrogen) atoms. The maximum Gasteiger partial charge on any atom is 0.142 e. The molecule has 1 aliphatic carbocycles. The fraction of sp³-hybridized carbons (Fsp3) is 1.00. The van der Waals surface area contributed by atoms with Crippen LogP contribution in [0.2, 0.25) is 0 Å². The summed E-state index contributed by atoms with van der Waals surface area (Å²) in [7, 11) is 0. The topological polar surface area (TPSA) is 0 Å². The summed E-state index contributed by atoms with van der Waals surface area (Å²) in [6.45, 7) is 1.91. The van der Waals surface area contributed by atoms with Crippen LogP contribution in [-0.4, -0.2) is 11.8 Å². The fourth-order valence-electron chi connectivity index (χ4n) is 1.85. The normalized spacial score (nSPS) is 39.0. The van der Waals surface area contributed by atoms with Crippen molar-refractivity contribution < 1.29 is 8.78 Å². The van der Waals surface area contributed by atoms with Crippen molar-refractivity contribution in [1.82, 2.24) is 0 Å². The summed E-state index contributed by atoms with van der Waals surface area (Å²) in [4.78, 5) is 0. The van der Waals surface area contributed by atoms with Crippen molar-refractivity contribution in [1.29, 1.82) is 0 Å². The molecule has 1 aliphatic rings. The van der Waals surface area contributed by atoms with Gasteiger partial charge in [-0.05, 0) is 19.3 Å². The Kier molecular flexibility index (Phi) is 2.85. The number of rotatable bonds is 2. The minimum atomic E-state index is -1.48. The van der Waals surface area contributed by atoms with Crippen LogP contribution in [0.4, 0.5) is 8.78 Å². The lowest BCUT2D eigenvalue weighted by Gasteiger charge is -2.32. The van der Waals surface area contributed by atoms with Gasteiger partial charge in [0.15, 0.2) is 0 Å². The number of alkyl halides is 2. The van der Waals surface area contributed by atoms with Gasteiger partial charge in [0, 0.05) is 0 Å². The van der Waals surface area contributed by atoms with E-state index in [4.69, 9.17) is 0 Å². The lowest BCUT2D eigenvalue weighted by atomic mass is 9.82. The quantitative estimate of drug-likeness (QED) is 0.583. The number of halogens is 2. The van der Waals surface area contributed by atoms with Crippen LogP contribution in [0.3, 0.4) is 0 Å². The average molecular weight is 162 g/mol. The molecule has 1 saturated carbocycles. The van der Waals surface area contributed by atoms with Crippen LogP contribution in [0.5, 0.6) is 0 Å². The van der Waals surface area contributed by atoms with Crippen LogP contribution >= 0.6 is 0 Å². The van der Waals surface area contributed by atoms with E-state index < -0.39 is 11.8 Å². The Morgan fingerprint density at radius 1 is 1.45 bits per heavy atom. The Morgan fingerprint density at radius 3 is 2.73 bits per heavy atom. The largest absolute Gasteiger partial charge is 0.244 e. The van der Waals surface area contributed by atoms with Crippen molar-refractivity contribution in [3.63, 3.8) is 0 Å². The van der Waals surface area contributed by atoms with E-state index in [1.165, 1.54) is 0 Å². The van der Waals surface area contributed by atoms with Crippen molar-refractivity contribution in [2.45, 2.75) is 57.3 Å². The number of hydrogen-bond acceptors (Lipinski definition) is 0. The smallest absolute Gasteiger partial charge is 0.142 e. The van der Waals surface area contributed by atoms with Crippen molar-refractivity contribution in [2.24, 2.45) is 0 Å². The van der Waals surface area contributed by atoms with Crippen LogP contribution < -0.4 is 0 Å². The molecule has 0 aliphatic heterocycles. The van der Waals surface area contributed by atoms with Gasteiger partial charge in [-0.15, -0.1) is 0 Å². The van der Waals surface area contributed by atoms with E-state index in [1.54, 1.807) is 0 Å². The van der Waals surface area contributed by atoms with E-state index in [9.17, 15) is 8.78 Å². The third-order valence-electron chi connectivity index (χ3n) is 2.53. The van der Waals surface area contributed by atoms with Gasteiger partial charge in [-0.25, -0.2) is 8.78 Å². The van der Waals surface area contributed by atoms with E-state index in [0.717, 1.165) is 19.3 Å². The third-order valence-corrected chi connectivity index (χ3v) is 2.53. The summed E-state index contributed by atoms with van der Waals surface area (Å²) < 4.78 is 26.6. The zero-order valence-corrected chi connectivity index (χ0v) is 7.08. The average Bonchev–Trinajstić information content (AvgIpc) is 1.96. The van der Waals surface area contributed by atoms with Gasteiger partial charge >= 0.3 is 0 Å². The lowest BCUT2D eigenvalue weighted by Crippen LogP contribution is -2.37. The van der Waals surface area contributed by atoms with Crippen molar-refractivity contribution in [2.75, 3.05) is 0 Å². The molecule has 2 atom stereocenters. The molecule has 1 rings (SSSR count). The number of hydrogen-bond donors (Lipinski definition) is 0. The Bertz CT molecular complexity index is 121. The summed E-state index contributed by atoms with van der Waals surface area (Å²) >= 11 is 0. The third kappa shape index (κ3) is 1.91. The molecule has 0 N–H and O–H groups in total. The summed E-state index contributed by atoms with van der Waals surface area (Å²) in [5.74, 6) is 0. The molecule has 66 valence electrons. The van der Waals surface area contributed by atoms with Crippen molar-refractivity contribution >= 4 is 0 Å². The molecule has 1 fully saturated rings. The SMILES string of the molecule is CCCC1(F)CCCCC1F. The summed E-state index contributed by atoms with van der Waals surface area (Å²) in [6, 6.07) is 0. The summed E-state index contributed by atoms with van der Waals surface area (Å²) in [5.41, 5.74) is -1.48. The molecule has 2 unspecified atom stereocenters. The Balaban J connectivity index is 2.49. The molecule has 0 heterocycles. The zero-order valence-electron chi connectivity index (χ0n) is 7.08. The second-order valence-corrected chi connectivity index (χ2v) is 3.50. The fourth-order valence-corrected chi connectivity index (χ4v) is 1.85. The van der Waals surface area contributed by atoms with Gasteiger partial charge in [0.25, 0.3) is 0 Å². The van der Waals surface area contributed by atoms with Gasteiger partial charge in [-0.2, -0.15) is 0 Å². The maximum atomic E-state index is 13.6. The monoisotopic (exact) mass is 162 g/mol. The van der Waals surface area contributed by atoms with Crippen LogP contribution in [0, 0.1) is 0 Å². The van der Waals surface area contributed by atoms with Crippen LogP contribution in [0.25, 0.3) is 0 Å². The molecule has 0 amide bonds. The highest BCUT2D eigenvalue weighted by Gasteiger charge is 2.40.